The monoisotopic (exact) mass is 200 g/mol. The van der Waals surface area contributed by atoms with Gasteiger partial charge in [-0.3, -0.25) is 0 Å². The molecule has 0 aliphatic heterocycles. The van der Waals surface area contributed by atoms with Gasteiger partial charge in [0.2, 0.25) is 0 Å². The maximum atomic E-state index is 3.90. The van der Waals surface area contributed by atoms with Gasteiger partial charge in [-0.1, -0.05) is 36.4 Å². The summed E-state index contributed by atoms with van der Waals surface area (Å²) in [4.78, 5) is 0. The van der Waals surface area contributed by atoms with Crippen LogP contribution in [0.25, 0.3) is 0 Å². The normalized spacial score (nSPS) is 25.3. The smallest absolute Gasteiger partial charge is 0.0233 e. The Morgan fingerprint density at radius 2 is 2.00 bits per heavy atom. The van der Waals surface area contributed by atoms with Gasteiger partial charge in [-0.15, -0.1) is 6.58 Å². The molecule has 1 aliphatic rings. The molecule has 1 aliphatic carbocycles. The molecule has 15 heavy (non-hydrogen) atoms. The SMILES string of the molecule is C=CC1CCC(CCc2ccccc2)C1. The predicted molar refractivity (Wildman–Crippen MR) is 65.8 cm³/mol. The third kappa shape index (κ3) is 2.95. The third-order valence-electron chi connectivity index (χ3n) is 3.60. The van der Waals surface area contributed by atoms with Crippen molar-refractivity contribution in [1.82, 2.24) is 0 Å². The predicted octanol–water partition coefficient (Wildman–Crippen LogP) is 4.22. The molecule has 0 spiro atoms. The number of allylic oxidation sites excluding steroid dienone is 1. The first kappa shape index (κ1) is 10.5. The second kappa shape index (κ2) is 5.16. The number of aryl methyl sites for hydroxylation is 1. The van der Waals surface area contributed by atoms with Crippen LogP contribution in [0.5, 0.6) is 0 Å². The molecule has 1 saturated carbocycles. The van der Waals surface area contributed by atoms with E-state index in [2.05, 4.69) is 43.0 Å². The van der Waals surface area contributed by atoms with Crippen LogP contribution < -0.4 is 0 Å². The quantitative estimate of drug-likeness (QED) is 0.638. The zero-order valence-electron chi connectivity index (χ0n) is 9.36. The summed E-state index contributed by atoms with van der Waals surface area (Å²) in [5, 5.41) is 0. The van der Waals surface area contributed by atoms with E-state index in [-0.39, 0.29) is 0 Å². The summed E-state index contributed by atoms with van der Waals surface area (Å²) in [5.41, 5.74) is 1.49. The van der Waals surface area contributed by atoms with Gasteiger partial charge in [0.25, 0.3) is 0 Å². The molecule has 0 heterocycles. The molecule has 2 atom stereocenters. The van der Waals surface area contributed by atoms with Crippen LogP contribution in [0.1, 0.15) is 31.2 Å². The molecule has 0 amide bonds. The summed E-state index contributed by atoms with van der Waals surface area (Å²) in [6.45, 7) is 3.90. The summed E-state index contributed by atoms with van der Waals surface area (Å²) in [7, 11) is 0. The molecule has 1 aromatic carbocycles. The molecular formula is C15H20. The van der Waals surface area contributed by atoms with Gasteiger partial charge in [-0.2, -0.15) is 0 Å². The lowest BCUT2D eigenvalue weighted by Gasteiger charge is -2.09. The average Bonchev–Trinajstić information content (AvgIpc) is 2.76. The Morgan fingerprint density at radius 3 is 2.67 bits per heavy atom. The molecule has 1 fully saturated rings. The van der Waals surface area contributed by atoms with Crippen molar-refractivity contribution in [3.05, 3.63) is 48.6 Å². The Hall–Kier alpha value is -1.04. The van der Waals surface area contributed by atoms with Crippen molar-refractivity contribution in [3.63, 3.8) is 0 Å². The van der Waals surface area contributed by atoms with Gasteiger partial charge >= 0.3 is 0 Å². The molecule has 0 aromatic heterocycles. The Labute approximate surface area is 93.0 Å². The first-order valence-electron chi connectivity index (χ1n) is 6.05. The highest BCUT2D eigenvalue weighted by atomic mass is 14.3. The zero-order valence-corrected chi connectivity index (χ0v) is 9.36. The van der Waals surface area contributed by atoms with Gasteiger partial charge in [0.05, 0.1) is 0 Å². The molecule has 0 radical (unpaired) electrons. The van der Waals surface area contributed by atoms with Gasteiger partial charge in [0, 0.05) is 0 Å². The van der Waals surface area contributed by atoms with Gasteiger partial charge in [-0.25, -0.2) is 0 Å². The van der Waals surface area contributed by atoms with Crippen molar-refractivity contribution in [2.75, 3.05) is 0 Å². The standard InChI is InChI=1S/C15H20/c1-2-13-8-10-15(12-13)11-9-14-6-4-3-5-7-14/h2-7,13,15H,1,8-12H2. The van der Waals surface area contributed by atoms with E-state index >= 15 is 0 Å². The lowest BCUT2D eigenvalue weighted by molar-refractivity contribution is 0.491. The highest BCUT2D eigenvalue weighted by Crippen LogP contribution is 2.34. The Bertz CT molecular complexity index is 299. The second-order valence-corrected chi connectivity index (χ2v) is 4.70. The summed E-state index contributed by atoms with van der Waals surface area (Å²) in [6.07, 6.45) is 8.88. The zero-order chi connectivity index (χ0) is 10.5. The molecule has 0 nitrogen and oxygen atoms in total. The first-order chi connectivity index (χ1) is 7.38. The van der Waals surface area contributed by atoms with E-state index in [0.29, 0.717) is 0 Å². The molecule has 0 bridgehead atoms. The highest BCUT2D eigenvalue weighted by molar-refractivity contribution is 5.14. The van der Waals surface area contributed by atoms with Crippen LogP contribution in [0.2, 0.25) is 0 Å². The van der Waals surface area contributed by atoms with Gasteiger partial charge in [0.15, 0.2) is 0 Å². The van der Waals surface area contributed by atoms with Crippen molar-refractivity contribution in [2.45, 2.75) is 32.1 Å². The Kier molecular flexibility index (Phi) is 3.60. The molecule has 2 rings (SSSR count). The van der Waals surface area contributed by atoms with Crippen LogP contribution in [0, 0.1) is 11.8 Å². The minimum atomic E-state index is 0.797. The number of benzene rings is 1. The summed E-state index contributed by atoms with van der Waals surface area (Å²) < 4.78 is 0. The van der Waals surface area contributed by atoms with E-state index in [4.69, 9.17) is 0 Å². The van der Waals surface area contributed by atoms with E-state index in [1.165, 1.54) is 37.7 Å². The van der Waals surface area contributed by atoms with E-state index in [9.17, 15) is 0 Å². The lowest BCUT2D eigenvalue weighted by atomic mass is 9.97. The lowest BCUT2D eigenvalue weighted by Crippen LogP contribution is -1.97. The van der Waals surface area contributed by atoms with E-state index in [1.54, 1.807) is 0 Å². The minimum absolute atomic E-state index is 0.797. The van der Waals surface area contributed by atoms with Crippen molar-refractivity contribution < 1.29 is 0 Å². The summed E-state index contributed by atoms with van der Waals surface area (Å²) >= 11 is 0. The van der Waals surface area contributed by atoms with Crippen LogP contribution in [-0.4, -0.2) is 0 Å². The Balaban J connectivity index is 1.77. The summed E-state index contributed by atoms with van der Waals surface area (Å²) in [5.74, 6) is 1.74. The molecule has 80 valence electrons. The number of hydrogen-bond donors (Lipinski definition) is 0. The fraction of sp³-hybridized carbons (Fsp3) is 0.467. The third-order valence-corrected chi connectivity index (χ3v) is 3.60. The first-order valence-corrected chi connectivity index (χ1v) is 6.05. The largest absolute Gasteiger partial charge is 0.103 e. The van der Waals surface area contributed by atoms with Gasteiger partial charge < -0.3 is 0 Å². The average molecular weight is 200 g/mol. The van der Waals surface area contributed by atoms with Crippen LogP contribution in [0.15, 0.2) is 43.0 Å². The molecule has 0 N–H and O–H groups in total. The molecule has 1 aromatic rings. The summed E-state index contributed by atoms with van der Waals surface area (Å²) in [6, 6.07) is 10.8. The van der Waals surface area contributed by atoms with Gasteiger partial charge in [-0.05, 0) is 49.5 Å². The van der Waals surface area contributed by atoms with Crippen molar-refractivity contribution in [3.8, 4) is 0 Å². The molecule has 2 unspecified atom stereocenters. The molecule has 0 saturated heterocycles. The van der Waals surface area contributed by atoms with E-state index < -0.39 is 0 Å². The van der Waals surface area contributed by atoms with Crippen molar-refractivity contribution >= 4 is 0 Å². The Morgan fingerprint density at radius 1 is 1.20 bits per heavy atom. The number of hydrogen-bond acceptors (Lipinski definition) is 0. The van der Waals surface area contributed by atoms with Crippen LogP contribution in [0.4, 0.5) is 0 Å². The topological polar surface area (TPSA) is 0 Å². The minimum Gasteiger partial charge on any atom is -0.103 e. The maximum Gasteiger partial charge on any atom is -0.0233 e. The maximum absolute atomic E-state index is 3.90. The van der Waals surface area contributed by atoms with E-state index in [1.807, 2.05) is 0 Å². The highest BCUT2D eigenvalue weighted by Gasteiger charge is 2.21. The van der Waals surface area contributed by atoms with E-state index in [0.717, 1.165) is 11.8 Å². The fourth-order valence-electron chi connectivity index (χ4n) is 2.61. The van der Waals surface area contributed by atoms with Gasteiger partial charge in [0.1, 0.15) is 0 Å². The molecule has 0 heteroatoms. The van der Waals surface area contributed by atoms with Crippen LogP contribution in [0.3, 0.4) is 0 Å². The van der Waals surface area contributed by atoms with Crippen molar-refractivity contribution in [2.24, 2.45) is 11.8 Å². The van der Waals surface area contributed by atoms with Crippen molar-refractivity contribution in [1.29, 1.82) is 0 Å². The van der Waals surface area contributed by atoms with Crippen LogP contribution >= 0.6 is 0 Å². The molecular weight excluding hydrogens is 180 g/mol. The second-order valence-electron chi connectivity index (χ2n) is 4.70. The number of rotatable bonds is 4. The fourth-order valence-corrected chi connectivity index (χ4v) is 2.61. The van der Waals surface area contributed by atoms with Crippen LogP contribution in [-0.2, 0) is 6.42 Å².